The SMILES string of the molecule is CO[C@H](/C(=N/OCC(=O)N[C@@H](Cc1c[nH]c2ccccc12)c1nc(C)co1)[C@@H](O)[C@@H](C)O)C(C)(C)C. The molecule has 2 heterocycles. The summed E-state index contributed by atoms with van der Waals surface area (Å²) in [4.78, 5) is 25.8. The van der Waals surface area contributed by atoms with Crippen LogP contribution in [0.15, 0.2) is 46.3 Å². The molecule has 0 saturated carbocycles. The van der Waals surface area contributed by atoms with Crippen molar-refractivity contribution >= 4 is 22.5 Å². The number of nitrogens with one attached hydrogen (secondary N) is 2. The van der Waals surface area contributed by atoms with E-state index in [1.165, 1.54) is 20.3 Å². The van der Waals surface area contributed by atoms with E-state index in [0.29, 0.717) is 18.0 Å². The number of oxazole rings is 1. The number of aromatic amines is 1. The Balaban J connectivity index is 1.75. The Hall–Kier alpha value is -3.21. The Bertz CT molecular complexity index is 1180. The smallest absolute Gasteiger partial charge is 0.261 e. The van der Waals surface area contributed by atoms with Crippen molar-refractivity contribution in [2.75, 3.05) is 13.7 Å². The summed E-state index contributed by atoms with van der Waals surface area (Å²) in [5.74, 6) is -0.0675. The van der Waals surface area contributed by atoms with Gasteiger partial charge >= 0.3 is 0 Å². The number of ether oxygens (including phenoxy) is 1. The predicted octanol–water partition coefficient (Wildman–Crippen LogP) is 3.04. The highest BCUT2D eigenvalue weighted by atomic mass is 16.6. The first-order valence-corrected chi connectivity index (χ1v) is 11.9. The summed E-state index contributed by atoms with van der Waals surface area (Å²) in [7, 11) is 1.49. The molecule has 0 saturated heterocycles. The summed E-state index contributed by atoms with van der Waals surface area (Å²) in [6, 6.07) is 7.36. The average molecular weight is 501 g/mol. The zero-order chi connectivity index (χ0) is 26.5. The molecule has 0 fully saturated rings. The van der Waals surface area contributed by atoms with Crippen LogP contribution in [-0.2, 0) is 20.8 Å². The van der Waals surface area contributed by atoms with Gasteiger partial charge in [-0.15, -0.1) is 0 Å². The average Bonchev–Trinajstić information content (AvgIpc) is 3.43. The third-order valence-electron chi connectivity index (χ3n) is 5.79. The number of amides is 1. The van der Waals surface area contributed by atoms with E-state index in [-0.39, 0.29) is 5.71 Å². The number of methoxy groups -OCH3 is 1. The summed E-state index contributed by atoms with van der Waals surface area (Å²) < 4.78 is 11.1. The molecular formula is C26H36N4O6. The van der Waals surface area contributed by atoms with Crippen molar-refractivity contribution in [1.82, 2.24) is 15.3 Å². The van der Waals surface area contributed by atoms with Crippen LogP contribution >= 0.6 is 0 Å². The number of carbonyl (C=O) groups is 1. The predicted molar refractivity (Wildman–Crippen MR) is 135 cm³/mol. The number of para-hydroxylation sites is 1. The second-order valence-corrected chi connectivity index (χ2v) is 9.97. The summed E-state index contributed by atoms with van der Waals surface area (Å²) in [5, 5.41) is 28.3. The van der Waals surface area contributed by atoms with E-state index in [1.54, 1.807) is 0 Å². The molecule has 36 heavy (non-hydrogen) atoms. The van der Waals surface area contributed by atoms with Crippen molar-refractivity contribution in [2.45, 2.75) is 65.4 Å². The van der Waals surface area contributed by atoms with Crippen LogP contribution in [0.25, 0.3) is 10.9 Å². The van der Waals surface area contributed by atoms with Gasteiger partial charge in [-0.25, -0.2) is 4.98 Å². The molecule has 0 radical (unpaired) electrons. The molecule has 1 amide bonds. The molecule has 10 nitrogen and oxygen atoms in total. The van der Waals surface area contributed by atoms with Gasteiger partial charge in [-0.05, 0) is 30.9 Å². The first-order valence-electron chi connectivity index (χ1n) is 11.9. The largest absolute Gasteiger partial charge is 0.446 e. The number of fused-ring (bicyclic) bond motifs is 1. The molecule has 0 aliphatic rings. The van der Waals surface area contributed by atoms with E-state index >= 15 is 0 Å². The molecule has 196 valence electrons. The van der Waals surface area contributed by atoms with E-state index in [0.717, 1.165) is 16.5 Å². The Morgan fingerprint density at radius 1 is 1.28 bits per heavy atom. The van der Waals surface area contributed by atoms with Crippen molar-refractivity contribution in [1.29, 1.82) is 0 Å². The number of aliphatic hydroxyl groups is 2. The van der Waals surface area contributed by atoms with Crippen molar-refractivity contribution in [2.24, 2.45) is 10.6 Å². The first-order chi connectivity index (χ1) is 17.0. The minimum Gasteiger partial charge on any atom is -0.446 e. The molecule has 4 atom stereocenters. The number of hydrogen-bond acceptors (Lipinski definition) is 8. The van der Waals surface area contributed by atoms with Crippen LogP contribution in [0, 0.1) is 12.3 Å². The number of hydrogen-bond donors (Lipinski definition) is 4. The van der Waals surface area contributed by atoms with Gasteiger partial charge in [0.05, 0.1) is 11.8 Å². The highest BCUT2D eigenvalue weighted by Gasteiger charge is 2.36. The monoisotopic (exact) mass is 500 g/mol. The van der Waals surface area contributed by atoms with E-state index in [9.17, 15) is 15.0 Å². The van der Waals surface area contributed by atoms with Gasteiger partial charge in [-0.3, -0.25) is 4.79 Å². The van der Waals surface area contributed by atoms with E-state index in [2.05, 4.69) is 20.4 Å². The van der Waals surface area contributed by atoms with Gasteiger partial charge in [0.2, 0.25) is 5.89 Å². The number of aryl methyl sites for hydroxylation is 1. The summed E-state index contributed by atoms with van der Waals surface area (Å²) in [6.07, 6.45) is 0.820. The van der Waals surface area contributed by atoms with Crippen LogP contribution in [0.1, 0.15) is 50.9 Å². The normalized spacial score (nSPS) is 15.9. The van der Waals surface area contributed by atoms with Gasteiger partial charge in [-0.1, -0.05) is 44.1 Å². The maximum Gasteiger partial charge on any atom is 0.261 e. The molecule has 4 N–H and O–H groups in total. The van der Waals surface area contributed by atoms with Crippen LogP contribution in [0.5, 0.6) is 0 Å². The Morgan fingerprint density at radius 2 is 2.00 bits per heavy atom. The zero-order valence-electron chi connectivity index (χ0n) is 21.6. The summed E-state index contributed by atoms with van der Waals surface area (Å²) >= 11 is 0. The fourth-order valence-corrected chi connectivity index (χ4v) is 4.08. The second kappa shape index (κ2) is 11.7. The van der Waals surface area contributed by atoms with Gasteiger partial charge in [0.15, 0.2) is 6.61 Å². The highest BCUT2D eigenvalue weighted by molar-refractivity contribution is 5.93. The third kappa shape index (κ3) is 6.71. The van der Waals surface area contributed by atoms with Crippen molar-refractivity contribution in [3.8, 4) is 0 Å². The van der Waals surface area contributed by atoms with Crippen LogP contribution in [-0.4, -0.2) is 63.8 Å². The van der Waals surface area contributed by atoms with Crippen LogP contribution in [0.3, 0.4) is 0 Å². The zero-order valence-corrected chi connectivity index (χ0v) is 21.6. The number of aliphatic hydroxyl groups excluding tert-OH is 2. The molecule has 0 unspecified atom stereocenters. The maximum atomic E-state index is 12.8. The molecular weight excluding hydrogens is 464 g/mol. The van der Waals surface area contributed by atoms with E-state index in [4.69, 9.17) is 14.0 Å². The molecule has 10 heteroatoms. The fraction of sp³-hybridized carbons (Fsp3) is 0.500. The van der Waals surface area contributed by atoms with Crippen molar-refractivity contribution in [3.05, 3.63) is 53.9 Å². The Kier molecular flexibility index (Phi) is 8.89. The Labute approximate surface area is 210 Å². The van der Waals surface area contributed by atoms with E-state index < -0.39 is 42.3 Å². The second-order valence-electron chi connectivity index (χ2n) is 9.97. The van der Waals surface area contributed by atoms with E-state index in [1.807, 2.05) is 58.2 Å². The lowest BCUT2D eigenvalue weighted by Gasteiger charge is -2.32. The topological polar surface area (TPSA) is 142 Å². The molecule has 1 aromatic carbocycles. The van der Waals surface area contributed by atoms with Gasteiger partial charge in [0.1, 0.15) is 30.2 Å². The summed E-state index contributed by atoms with van der Waals surface area (Å²) in [6.45, 7) is 8.56. The first kappa shape index (κ1) is 27.4. The molecule has 0 spiro atoms. The highest BCUT2D eigenvalue weighted by Crippen LogP contribution is 2.26. The minimum atomic E-state index is -1.32. The summed E-state index contributed by atoms with van der Waals surface area (Å²) in [5.41, 5.74) is 2.36. The molecule has 0 aliphatic carbocycles. The number of aromatic nitrogens is 2. The molecule has 2 aromatic heterocycles. The fourth-order valence-electron chi connectivity index (χ4n) is 4.08. The number of oxime groups is 1. The molecule has 3 aromatic rings. The van der Waals surface area contributed by atoms with Gasteiger partial charge < -0.3 is 34.5 Å². The number of H-pyrrole nitrogens is 1. The van der Waals surface area contributed by atoms with Crippen LogP contribution in [0.2, 0.25) is 0 Å². The van der Waals surface area contributed by atoms with Crippen LogP contribution < -0.4 is 5.32 Å². The lowest BCUT2D eigenvalue weighted by molar-refractivity contribution is -0.126. The Morgan fingerprint density at radius 3 is 2.61 bits per heavy atom. The maximum absolute atomic E-state index is 12.8. The minimum absolute atomic E-state index is 0.103. The van der Waals surface area contributed by atoms with Crippen LogP contribution in [0.4, 0.5) is 0 Å². The van der Waals surface area contributed by atoms with Gasteiger partial charge in [0, 0.05) is 30.6 Å². The number of carbonyl (C=O) groups excluding carboxylic acids is 1. The lowest BCUT2D eigenvalue weighted by Crippen LogP contribution is -2.46. The number of benzene rings is 1. The molecule has 0 bridgehead atoms. The van der Waals surface area contributed by atoms with Gasteiger partial charge in [-0.2, -0.15) is 0 Å². The standard InChI is InChI=1S/C26H36N4O6/c1-15-13-35-25(28-15)20(11-17-12-27-19-10-8-7-9-18(17)19)29-21(32)14-36-30-22(23(33)16(2)31)24(34-6)26(3,4)5/h7-10,12-13,16,20,23-24,27,31,33H,11,14H2,1-6H3,(H,29,32)/b30-22+/t16-,20+,23+,24-/m1/s1. The lowest BCUT2D eigenvalue weighted by atomic mass is 9.83. The van der Waals surface area contributed by atoms with Gasteiger partial charge in [0.25, 0.3) is 5.91 Å². The quantitative estimate of drug-likeness (QED) is 0.234. The number of rotatable bonds is 11. The number of nitrogens with zero attached hydrogens (tertiary/aromatic N) is 2. The molecule has 3 rings (SSSR count). The third-order valence-corrected chi connectivity index (χ3v) is 5.79. The van der Waals surface area contributed by atoms with Crippen molar-refractivity contribution in [3.63, 3.8) is 0 Å². The van der Waals surface area contributed by atoms with Crippen molar-refractivity contribution < 1.29 is 29.0 Å². The molecule has 0 aliphatic heterocycles.